The molecule has 3 aromatic heterocycles. The number of benzene rings is 1. The van der Waals surface area contributed by atoms with Gasteiger partial charge in [0.05, 0.1) is 18.5 Å². The van der Waals surface area contributed by atoms with E-state index in [4.69, 9.17) is 5.11 Å². The molecule has 1 aromatic carbocycles. The molecule has 120 valence electrons. The van der Waals surface area contributed by atoms with Gasteiger partial charge in [-0.3, -0.25) is 5.10 Å². The molecule has 0 aliphatic heterocycles. The number of hydrogen-bond acceptors (Lipinski definition) is 6. The zero-order valence-electron chi connectivity index (χ0n) is 12.5. The van der Waals surface area contributed by atoms with Crippen LogP contribution in [0.4, 0.5) is 0 Å². The van der Waals surface area contributed by atoms with Crippen molar-refractivity contribution in [3.8, 4) is 17.1 Å². The van der Waals surface area contributed by atoms with E-state index in [1.165, 1.54) is 6.33 Å². The fraction of sp³-hybridized carbons (Fsp3) is 0.125. The molecule has 24 heavy (non-hydrogen) atoms. The second-order valence-corrected chi connectivity index (χ2v) is 5.32. The van der Waals surface area contributed by atoms with Crippen molar-refractivity contribution in [3.05, 3.63) is 54.6 Å². The van der Waals surface area contributed by atoms with Gasteiger partial charge in [-0.15, -0.1) is 0 Å². The van der Waals surface area contributed by atoms with Crippen LogP contribution in [-0.2, 0) is 0 Å². The summed E-state index contributed by atoms with van der Waals surface area (Å²) in [5, 5.41) is 30.6. The fourth-order valence-electron chi connectivity index (χ4n) is 2.54. The third kappa shape index (κ3) is 2.43. The van der Waals surface area contributed by atoms with E-state index in [9.17, 15) is 5.11 Å². The van der Waals surface area contributed by atoms with Crippen LogP contribution in [0.3, 0.4) is 0 Å². The second-order valence-electron chi connectivity index (χ2n) is 5.32. The van der Waals surface area contributed by atoms with Gasteiger partial charge in [0.1, 0.15) is 12.4 Å². The minimum Gasteiger partial charge on any atom is -0.393 e. The Balaban J connectivity index is 1.78. The lowest BCUT2D eigenvalue weighted by Gasteiger charge is -2.08. The summed E-state index contributed by atoms with van der Waals surface area (Å²) < 4.78 is 1.71. The van der Waals surface area contributed by atoms with Gasteiger partial charge < -0.3 is 10.2 Å². The first kappa shape index (κ1) is 14.5. The number of aliphatic hydroxyl groups is 2. The molecule has 0 radical (unpaired) electrons. The molecule has 0 bridgehead atoms. The molecular weight excluding hydrogens is 308 g/mol. The first-order valence-corrected chi connectivity index (χ1v) is 7.35. The molecule has 1 atom stereocenters. The van der Waals surface area contributed by atoms with Crippen LogP contribution in [-0.4, -0.2) is 46.8 Å². The van der Waals surface area contributed by atoms with E-state index < -0.39 is 6.10 Å². The maximum absolute atomic E-state index is 9.72. The van der Waals surface area contributed by atoms with E-state index in [0.717, 1.165) is 16.6 Å². The van der Waals surface area contributed by atoms with Crippen LogP contribution in [0.15, 0.2) is 49.1 Å². The van der Waals surface area contributed by atoms with E-state index in [2.05, 4.69) is 25.3 Å². The van der Waals surface area contributed by atoms with E-state index in [1.54, 1.807) is 23.1 Å². The number of nitrogens with zero attached hydrogens (tertiary/aromatic N) is 5. The first-order valence-electron chi connectivity index (χ1n) is 7.35. The smallest absolute Gasteiger partial charge is 0.162 e. The molecule has 0 saturated carbocycles. The third-order valence-electron chi connectivity index (χ3n) is 3.77. The Kier molecular flexibility index (Phi) is 3.52. The van der Waals surface area contributed by atoms with Gasteiger partial charge in [-0.25, -0.2) is 14.6 Å². The molecule has 4 aromatic rings. The molecule has 0 saturated heterocycles. The van der Waals surface area contributed by atoms with Gasteiger partial charge >= 0.3 is 0 Å². The summed E-state index contributed by atoms with van der Waals surface area (Å²) in [5.41, 5.74) is 2.95. The van der Waals surface area contributed by atoms with Crippen molar-refractivity contribution < 1.29 is 10.2 Å². The summed E-state index contributed by atoms with van der Waals surface area (Å²) in [6, 6.07) is 9.46. The van der Waals surface area contributed by atoms with Crippen molar-refractivity contribution in [1.82, 2.24) is 29.9 Å². The number of aliphatic hydroxyl groups excluding tert-OH is 2. The molecule has 8 nitrogen and oxygen atoms in total. The summed E-state index contributed by atoms with van der Waals surface area (Å²) in [7, 11) is 0. The Labute approximate surface area is 136 Å². The summed E-state index contributed by atoms with van der Waals surface area (Å²) in [4.78, 5) is 8.52. The zero-order chi connectivity index (χ0) is 16.5. The first-order chi connectivity index (χ1) is 11.8. The van der Waals surface area contributed by atoms with Crippen molar-refractivity contribution >= 4 is 11.0 Å². The topological polar surface area (TPSA) is 113 Å². The average molecular weight is 322 g/mol. The maximum atomic E-state index is 9.72. The van der Waals surface area contributed by atoms with Crippen molar-refractivity contribution in [2.45, 2.75) is 6.10 Å². The van der Waals surface area contributed by atoms with Crippen molar-refractivity contribution in [1.29, 1.82) is 0 Å². The lowest BCUT2D eigenvalue weighted by atomic mass is 10.1. The van der Waals surface area contributed by atoms with Gasteiger partial charge in [0, 0.05) is 22.7 Å². The standard InChI is InChI=1S/C16H14N6O2/c23-8-14(24)11-4-12-7-20-22(16(12)17-6-11)13-3-1-2-10(5-13)15-18-9-19-21-15/h1-7,9,14,23-24H,8H2,(H,18,19,21)/t14-/m1/s1. The molecule has 0 aliphatic rings. The highest BCUT2D eigenvalue weighted by atomic mass is 16.3. The Morgan fingerprint density at radius 3 is 2.88 bits per heavy atom. The SMILES string of the molecule is OC[C@@H](O)c1cnc2c(cnn2-c2cccc(-c3ncn[nH]3)c2)c1. The summed E-state index contributed by atoms with van der Waals surface area (Å²) in [6.07, 6.45) is 3.74. The van der Waals surface area contributed by atoms with Crippen molar-refractivity contribution in [2.24, 2.45) is 0 Å². The van der Waals surface area contributed by atoms with Crippen LogP contribution in [0.1, 0.15) is 11.7 Å². The normalized spacial score (nSPS) is 12.6. The number of rotatable bonds is 4. The molecule has 0 aliphatic carbocycles. The largest absolute Gasteiger partial charge is 0.393 e. The average Bonchev–Trinajstić information content (AvgIpc) is 3.30. The van der Waals surface area contributed by atoms with Gasteiger partial charge in [0.25, 0.3) is 0 Å². The number of nitrogens with one attached hydrogen (secondary N) is 1. The van der Waals surface area contributed by atoms with E-state index >= 15 is 0 Å². The summed E-state index contributed by atoms with van der Waals surface area (Å²) >= 11 is 0. The van der Waals surface area contributed by atoms with Crippen LogP contribution < -0.4 is 0 Å². The lowest BCUT2D eigenvalue weighted by Crippen LogP contribution is -2.03. The van der Waals surface area contributed by atoms with Crippen LogP contribution in [0.2, 0.25) is 0 Å². The number of pyridine rings is 1. The highest BCUT2D eigenvalue weighted by molar-refractivity contribution is 5.77. The van der Waals surface area contributed by atoms with Gasteiger partial charge in [-0.1, -0.05) is 12.1 Å². The molecule has 8 heteroatoms. The highest BCUT2D eigenvalue weighted by Gasteiger charge is 2.12. The molecule has 0 spiro atoms. The predicted molar refractivity (Wildman–Crippen MR) is 86.3 cm³/mol. The zero-order valence-corrected chi connectivity index (χ0v) is 12.5. The fourth-order valence-corrected chi connectivity index (χ4v) is 2.54. The highest BCUT2D eigenvalue weighted by Crippen LogP contribution is 2.23. The molecule has 4 rings (SSSR count). The van der Waals surface area contributed by atoms with Crippen LogP contribution in [0, 0.1) is 0 Å². The number of aromatic nitrogens is 6. The minimum absolute atomic E-state index is 0.347. The van der Waals surface area contributed by atoms with Crippen molar-refractivity contribution in [3.63, 3.8) is 0 Å². The Morgan fingerprint density at radius 2 is 2.08 bits per heavy atom. The van der Waals surface area contributed by atoms with E-state index in [1.807, 2.05) is 24.3 Å². The molecule has 3 heterocycles. The Bertz CT molecular complexity index is 979. The monoisotopic (exact) mass is 322 g/mol. The molecule has 0 unspecified atom stereocenters. The number of aromatic amines is 1. The minimum atomic E-state index is -0.944. The summed E-state index contributed by atoms with van der Waals surface area (Å²) in [5.74, 6) is 0.676. The Morgan fingerprint density at radius 1 is 1.17 bits per heavy atom. The van der Waals surface area contributed by atoms with Crippen LogP contribution in [0.5, 0.6) is 0 Å². The van der Waals surface area contributed by atoms with Crippen LogP contribution in [0.25, 0.3) is 28.1 Å². The third-order valence-corrected chi connectivity index (χ3v) is 3.77. The van der Waals surface area contributed by atoms with Gasteiger partial charge in [0.2, 0.25) is 0 Å². The Hall–Kier alpha value is -3.10. The quantitative estimate of drug-likeness (QED) is 0.521. The van der Waals surface area contributed by atoms with Crippen molar-refractivity contribution in [2.75, 3.05) is 6.61 Å². The number of hydrogen-bond donors (Lipinski definition) is 3. The number of fused-ring (bicyclic) bond motifs is 1. The van der Waals surface area contributed by atoms with E-state index in [-0.39, 0.29) is 6.61 Å². The second kappa shape index (κ2) is 5.84. The molecule has 0 amide bonds. The molecule has 3 N–H and O–H groups in total. The predicted octanol–water partition coefficient (Wildman–Crippen LogP) is 1.23. The molecule has 0 fully saturated rings. The van der Waals surface area contributed by atoms with Gasteiger partial charge in [-0.05, 0) is 18.2 Å². The molecular formula is C16H14N6O2. The maximum Gasteiger partial charge on any atom is 0.162 e. The van der Waals surface area contributed by atoms with E-state index in [0.29, 0.717) is 17.0 Å². The summed E-state index contributed by atoms with van der Waals surface area (Å²) in [6.45, 7) is -0.347. The number of H-pyrrole nitrogens is 1. The van der Waals surface area contributed by atoms with Gasteiger partial charge in [0.15, 0.2) is 11.5 Å². The van der Waals surface area contributed by atoms with Gasteiger partial charge in [-0.2, -0.15) is 10.2 Å². The van der Waals surface area contributed by atoms with Crippen LogP contribution >= 0.6 is 0 Å². The lowest BCUT2D eigenvalue weighted by molar-refractivity contribution is 0.0955.